The fourth-order valence-electron chi connectivity index (χ4n) is 3.15. The molecule has 0 radical (unpaired) electrons. The average Bonchev–Trinajstić information content (AvgIpc) is 2.52. The van der Waals surface area contributed by atoms with Crippen molar-refractivity contribution in [1.29, 1.82) is 0 Å². The van der Waals surface area contributed by atoms with Gasteiger partial charge >= 0.3 is 0 Å². The molecule has 1 fully saturated rings. The molecule has 23 heavy (non-hydrogen) atoms. The Morgan fingerprint density at radius 2 is 1.91 bits per heavy atom. The molecule has 0 aromatic heterocycles. The number of thiocarbonyl (C=S) groups is 1. The molecule has 1 aromatic rings. The first-order valence-electron chi connectivity index (χ1n) is 8.32. The van der Waals surface area contributed by atoms with Crippen LogP contribution in [0.25, 0.3) is 0 Å². The van der Waals surface area contributed by atoms with Crippen LogP contribution in [-0.4, -0.2) is 17.1 Å². The van der Waals surface area contributed by atoms with Crippen molar-refractivity contribution < 1.29 is 4.79 Å². The molecule has 0 saturated heterocycles. The highest BCUT2D eigenvalue weighted by molar-refractivity contribution is 7.80. The largest absolute Gasteiger partial charge is 0.358 e. The monoisotopic (exact) mass is 333 g/mol. The molecule has 1 aromatic carbocycles. The number of hydrazine groups is 1. The van der Waals surface area contributed by atoms with Crippen molar-refractivity contribution in [3.05, 3.63) is 34.9 Å². The van der Waals surface area contributed by atoms with E-state index in [4.69, 9.17) is 12.2 Å². The highest BCUT2D eigenvalue weighted by Gasteiger charge is 2.27. The lowest BCUT2D eigenvalue weighted by molar-refractivity contribution is 0.0942. The third-order valence-electron chi connectivity index (χ3n) is 4.95. The van der Waals surface area contributed by atoms with Gasteiger partial charge in [0.05, 0.1) is 0 Å². The molecule has 126 valence electrons. The maximum absolute atomic E-state index is 12.3. The topological polar surface area (TPSA) is 53.2 Å². The zero-order valence-electron chi connectivity index (χ0n) is 14.4. The van der Waals surface area contributed by atoms with Crippen molar-refractivity contribution in [3.63, 3.8) is 0 Å². The normalized spacial score (nSPS) is 23.9. The van der Waals surface area contributed by atoms with Crippen molar-refractivity contribution in [1.82, 2.24) is 16.2 Å². The Bertz CT molecular complexity index is 588. The second-order valence-electron chi connectivity index (χ2n) is 6.74. The Morgan fingerprint density at radius 3 is 2.65 bits per heavy atom. The van der Waals surface area contributed by atoms with Crippen LogP contribution in [0.1, 0.15) is 54.6 Å². The van der Waals surface area contributed by atoms with E-state index in [1.165, 1.54) is 12.8 Å². The van der Waals surface area contributed by atoms with E-state index in [1.807, 2.05) is 32.0 Å². The summed E-state index contributed by atoms with van der Waals surface area (Å²) in [6.07, 6.45) is 3.63. The summed E-state index contributed by atoms with van der Waals surface area (Å²) in [7, 11) is 0. The molecular formula is C18H27N3OS. The van der Waals surface area contributed by atoms with E-state index < -0.39 is 0 Å². The standard InChI is InChI=1S/C18H27N3OS/c1-11-8-9-13(3)15(10-11)17(22)20-21-18(23)19-16-7-5-6-12(2)14(16)4/h8-10,12,14,16H,5-7H2,1-4H3,(H,20,22)(H2,19,21,23)/t12-,14-,16-/m0/s1. The minimum atomic E-state index is -0.166. The SMILES string of the molecule is Cc1ccc(C)c(C(=O)NNC(=S)N[C@H]2CCC[C@H](C)[C@@H]2C)c1. The van der Waals surface area contributed by atoms with Crippen LogP contribution in [0.4, 0.5) is 0 Å². The van der Waals surface area contributed by atoms with E-state index in [9.17, 15) is 4.79 Å². The molecule has 5 heteroatoms. The smallest absolute Gasteiger partial charge is 0.269 e. The first-order chi connectivity index (χ1) is 10.9. The van der Waals surface area contributed by atoms with Gasteiger partial charge in [-0.1, -0.05) is 44.4 Å². The van der Waals surface area contributed by atoms with Gasteiger partial charge in [0.2, 0.25) is 0 Å². The molecule has 2 rings (SSSR count). The molecule has 4 nitrogen and oxygen atoms in total. The summed E-state index contributed by atoms with van der Waals surface area (Å²) in [5.41, 5.74) is 8.20. The second-order valence-corrected chi connectivity index (χ2v) is 7.15. The van der Waals surface area contributed by atoms with Crippen LogP contribution >= 0.6 is 12.2 Å². The summed E-state index contributed by atoms with van der Waals surface area (Å²) in [5.74, 6) is 1.12. The van der Waals surface area contributed by atoms with Gasteiger partial charge in [0.25, 0.3) is 5.91 Å². The zero-order chi connectivity index (χ0) is 17.0. The highest BCUT2D eigenvalue weighted by Crippen LogP contribution is 2.29. The molecule has 0 spiro atoms. The van der Waals surface area contributed by atoms with E-state index in [0.29, 0.717) is 28.6 Å². The van der Waals surface area contributed by atoms with E-state index in [0.717, 1.165) is 17.5 Å². The molecule has 3 N–H and O–H groups in total. The Kier molecular flexibility index (Phi) is 5.99. The third-order valence-corrected chi connectivity index (χ3v) is 5.17. The van der Waals surface area contributed by atoms with Crippen LogP contribution in [0.2, 0.25) is 0 Å². The lowest BCUT2D eigenvalue weighted by Gasteiger charge is -2.35. The number of hydrogen-bond acceptors (Lipinski definition) is 2. The second kappa shape index (κ2) is 7.77. The first-order valence-corrected chi connectivity index (χ1v) is 8.73. The number of carbonyl (C=O) groups is 1. The van der Waals surface area contributed by atoms with Gasteiger partial charge in [-0.05, 0) is 56.0 Å². The Morgan fingerprint density at radius 1 is 1.17 bits per heavy atom. The van der Waals surface area contributed by atoms with Crippen molar-refractivity contribution in [2.75, 3.05) is 0 Å². The van der Waals surface area contributed by atoms with Crippen LogP contribution in [0.3, 0.4) is 0 Å². The minimum Gasteiger partial charge on any atom is -0.358 e. The van der Waals surface area contributed by atoms with Gasteiger partial charge in [0, 0.05) is 11.6 Å². The van der Waals surface area contributed by atoms with Crippen molar-refractivity contribution >= 4 is 23.2 Å². The van der Waals surface area contributed by atoms with Crippen LogP contribution in [-0.2, 0) is 0 Å². The van der Waals surface area contributed by atoms with Crippen LogP contribution in [0.15, 0.2) is 18.2 Å². The molecule has 1 aliphatic carbocycles. The summed E-state index contributed by atoms with van der Waals surface area (Å²) in [5, 5.41) is 3.82. The lowest BCUT2D eigenvalue weighted by atomic mass is 9.78. The van der Waals surface area contributed by atoms with E-state index in [2.05, 4.69) is 30.0 Å². The maximum Gasteiger partial charge on any atom is 0.269 e. The number of rotatable bonds is 2. The van der Waals surface area contributed by atoms with E-state index in [1.54, 1.807) is 0 Å². The van der Waals surface area contributed by atoms with Gasteiger partial charge in [-0.25, -0.2) is 0 Å². The molecule has 0 unspecified atom stereocenters. The lowest BCUT2D eigenvalue weighted by Crippen LogP contribution is -2.52. The van der Waals surface area contributed by atoms with E-state index >= 15 is 0 Å². The Labute approximate surface area is 144 Å². The number of hydrogen-bond donors (Lipinski definition) is 3. The summed E-state index contributed by atoms with van der Waals surface area (Å²) in [6, 6.07) is 6.20. The van der Waals surface area contributed by atoms with Crippen molar-refractivity contribution in [2.45, 2.75) is 53.0 Å². The fourth-order valence-corrected chi connectivity index (χ4v) is 3.35. The predicted molar refractivity (Wildman–Crippen MR) is 98.2 cm³/mol. The van der Waals surface area contributed by atoms with Crippen LogP contribution in [0, 0.1) is 25.7 Å². The van der Waals surface area contributed by atoms with Gasteiger partial charge in [-0.15, -0.1) is 0 Å². The summed E-state index contributed by atoms with van der Waals surface area (Å²) < 4.78 is 0. The van der Waals surface area contributed by atoms with Crippen LogP contribution < -0.4 is 16.2 Å². The molecule has 3 atom stereocenters. The average molecular weight is 334 g/mol. The molecule has 0 heterocycles. The maximum atomic E-state index is 12.3. The molecule has 0 aliphatic heterocycles. The predicted octanol–water partition coefficient (Wildman–Crippen LogP) is 3.24. The number of carbonyl (C=O) groups excluding carboxylic acids is 1. The number of amides is 1. The fraction of sp³-hybridized carbons (Fsp3) is 0.556. The van der Waals surface area contributed by atoms with E-state index in [-0.39, 0.29) is 5.91 Å². The molecule has 1 amide bonds. The molecule has 0 bridgehead atoms. The summed E-state index contributed by atoms with van der Waals surface area (Å²) >= 11 is 5.32. The highest BCUT2D eigenvalue weighted by atomic mass is 32.1. The van der Waals surface area contributed by atoms with Gasteiger partial charge in [-0.3, -0.25) is 15.6 Å². The molecular weight excluding hydrogens is 306 g/mol. The number of benzene rings is 1. The Balaban J connectivity index is 1.86. The van der Waals surface area contributed by atoms with Crippen molar-refractivity contribution in [2.24, 2.45) is 11.8 Å². The van der Waals surface area contributed by atoms with Gasteiger partial charge < -0.3 is 5.32 Å². The quantitative estimate of drug-likeness (QED) is 0.574. The minimum absolute atomic E-state index is 0.166. The van der Waals surface area contributed by atoms with Gasteiger partial charge in [0.1, 0.15) is 0 Å². The van der Waals surface area contributed by atoms with Gasteiger partial charge in [-0.2, -0.15) is 0 Å². The zero-order valence-corrected chi connectivity index (χ0v) is 15.2. The summed E-state index contributed by atoms with van der Waals surface area (Å²) in [4.78, 5) is 12.3. The van der Waals surface area contributed by atoms with Crippen LogP contribution in [0.5, 0.6) is 0 Å². The molecule has 1 aliphatic rings. The molecule has 1 saturated carbocycles. The summed E-state index contributed by atoms with van der Waals surface area (Å²) in [6.45, 7) is 8.45. The third kappa shape index (κ3) is 4.67. The number of nitrogens with one attached hydrogen (secondary N) is 3. The van der Waals surface area contributed by atoms with Gasteiger partial charge in [0.15, 0.2) is 5.11 Å². The first kappa shape index (κ1) is 17.7. The Hall–Kier alpha value is -1.62. The number of aryl methyl sites for hydroxylation is 2. The van der Waals surface area contributed by atoms with Crippen molar-refractivity contribution in [3.8, 4) is 0 Å².